The van der Waals surface area contributed by atoms with Crippen LogP contribution < -0.4 is 11.0 Å². The van der Waals surface area contributed by atoms with Crippen molar-refractivity contribution >= 4 is 23.0 Å². The zero-order valence-electron chi connectivity index (χ0n) is 26.1. The summed E-state index contributed by atoms with van der Waals surface area (Å²) in [5.74, 6) is -0.163. The van der Waals surface area contributed by atoms with Gasteiger partial charge < -0.3 is 15.0 Å². The summed E-state index contributed by atoms with van der Waals surface area (Å²) in [7, 11) is 1.81. The maximum absolute atomic E-state index is 13.3. The number of amides is 2. The van der Waals surface area contributed by atoms with Gasteiger partial charge in [0, 0.05) is 76.7 Å². The summed E-state index contributed by atoms with van der Waals surface area (Å²) >= 11 is 0. The molecule has 11 nitrogen and oxygen atoms in total. The predicted octanol–water partition coefficient (Wildman–Crippen LogP) is 2.65. The smallest absolute Gasteiger partial charge is 0.409 e. The highest BCUT2D eigenvalue weighted by molar-refractivity contribution is 5.87. The number of imidazole rings is 1. The molecule has 0 bridgehead atoms. The Morgan fingerprint density at radius 2 is 1.75 bits per heavy atom. The van der Waals surface area contributed by atoms with Crippen LogP contribution in [0.5, 0.6) is 0 Å². The summed E-state index contributed by atoms with van der Waals surface area (Å²) in [4.78, 5) is 48.5. The van der Waals surface area contributed by atoms with E-state index in [4.69, 9.17) is 4.74 Å². The minimum atomic E-state index is -0.520. The fourth-order valence-electron chi connectivity index (χ4n) is 8.54. The number of fused-ring (bicyclic) bond motifs is 2. The number of benzene rings is 1. The molecular weight excluding hydrogens is 558 g/mol. The van der Waals surface area contributed by atoms with Crippen LogP contribution in [0, 0.1) is 0 Å². The third-order valence-corrected chi connectivity index (χ3v) is 11.0. The van der Waals surface area contributed by atoms with Crippen LogP contribution in [0.3, 0.4) is 0 Å². The Kier molecular flexibility index (Phi) is 8.28. The molecule has 2 aromatic rings. The van der Waals surface area contributed by atoms with Crippen molar-refractivity contribution in [1.82, 2.24) is 34.1 Å². The molecule has 1 aromatic heterocycles. The van der Waals surface area contributed by atoms with Gasteiger partial charge in [0.15, 0.2) is 0 Å². The van der Waals surface area contributed by atoms with Crippen LogP contribution in [0.2, 0.25) is 0 Å². The molecule has 11 heteroatoms. The van der Waals surface area contributed by atoms with E-state index in [1.54, 1.807) is 9.13 Å². The molecule has 6 heterocycles. The lowest BCUT2D eigenvalue weighted by atomic mass is 10.0. The fraction of sp³-hybridized carbons (Fsp3) is 0.667. The average molecular weight is 606 g/mol. The molecule has 0 aliphatic carbocycles. The van der Waals surface area contributed by atoms with Crippen LogP contribution >= 0.6 is 0 Å². The van der Waals surface area contributed by atoms with Crippen LogP contribution in [0.15, 0.2) is 35.3 Å². The first-order valence-electron chi connectivity index (χ1n) is 16.7. The summed E-state index contributed by atoms with van der Waals surface area (Å²) in [5, 5.41) is 2.83. The molecular formula is C33H47N7O4. The Morgan fingerprint density at radius 3 is 2.52 bits per heavy atom. The number of piperazine rings is 1. The first kappa shape index (κ1) is 29.6. The first-order valence-corrected chi connectivity index (χ1v) is 16.7. The lowest BCUT2D eigenvalue weighted by Crippen LogP contribution is -2.53. The number of hydrogen-bond donors (Lipinski definition) is 1. The number of aromatic nitrogens is 2. The maximum Gasteiger partial charge on any atom is 0.409 e. The number of rotatable bonds is 6. The van der Waals surface area contributed by atoms with Crippen molar-refractivity contribution in [2.75, 3.05) is 52.4 Å². The molecule has 0 spiro atoms. The number of para-hydroxylation sites is 1. The number of likely N-dealkylation sites (tertiary alicyclic amines) is 1. The van der Waals surface area contributed by atoms with Crippen molar-refractivity contribution in [3.63, 3.8) is 0 Å². The third-order valence-electron chi connectivity index (χ3n) is 11.0. The van der Waals surface area contributed by atoms with Gasteiger partial charge in [-0.2, -0.15) is 0 Å². The van der Waals surface area contributed by atoms with E-state index in [9.17, 15) is 14.4 Å². The topological polar surface area (TPSA) is 95.3 Å². The lowest BCUT2D eigenvalue weighted by Gasteiger charge is -2.42. The second-order valence-electron chi connectivity index (χ2n) is 13.5. The van der Waals surface area contributed by atoms with Crippen molar-refractivity contribution in [3.8, 4) is 0 Å². The molecule has 5 fully saturated rings. The highest BCUT2D eigenvalue weighted by Gasteiger charge is 2.38. The summed E-state index contributed by atoms with van der Waals surface area (Å²) in [6.07, 6.45) is 8.08. The number of nitrogens with one attached hydrogen (secondary N) is 1. The molecule has 5 aliphatic rings. The third kappa shape index (κ3) is 5.58. The van der Waals surface area contributed by atoms with Gasteiger partial charge in [0.1, 0.15) is 12.6 Å². The molecule has 0 radical (unpaired) electrons. The predicted molar refractivity (Wildman–Crippen MR) is 168 cm³/mol. The SMILES string of the molecule is C=C1CCC(n2c(=O)n(C)c3c(CN4CCN(C5CCN(C(=O)OCC6CCC7CCCN76)CC5)CC4)cccc32)C(=O)N1. The number of hydrogen-bond acceptors (Lipinski definition) is 7. The summed E-state index contributed by atoms with van der Waals surface area (Å²) < 4.78 is 9.16. The van der Waals surface area contributed by atoms with Crippen LogP contribution in [0.4, 0.5) is 4.79 Å². The van der Waals surface area contributed by atoms with Crippen molar-refractivity contribution in [2.45, 2.75) is 82.1 Å². The standard InChI is InChI=1S/C33H47N7O4/c1-23-8-11-29(31(41)34-23)40-28-7-3-5-24(30(28)35(2)32(40)42)21-36-17-19-37(20-18-36)25-12-15-38(16-13-25)33(43)44-22-27-10-9-26-6-4-14-39(26)27/h3,5,7,25-27,29H,1,4,6,8-22H2,2H3,(H,34,41). The van der Waals surface area contributed by atoms with E-state index in [-0.39, 0.29) is 17.7 Å². The van der Waals surface area contributed by atoms with Gasteiger partial charge in [-0.15, -0.1) is 0 Å². The van der Waals surface area contributed by atoms with E-state index in [2.05, 4.69) is 32.7 Å². The molecule has 44 heavy (non-hydrogen) atoms. The van der Waals surface area contributed by atoms with E-state index in [1.165, 1.54) is 19.3 Å². The van der Waals surface area contributed by atoms with Gasteiger partial charge in [0.2, 0.25) is 5.91 Å². The second-order valence-corrected chi connectivity index (χ2v) is 13.5. The summed E-state index contributed by atoms with van der Waals surface area (Å²) in [6.45, 7) is 11.8. The molecule has 5 aliphatic heterocycles. The minimum absolute atomic E-state index is 0.136. The van der Waals surface area contributed by atoms with E-state index < -0.39 is 6.04 Å². The number of nitrogens with zero attached hydrogens (tertiary/aromatic N) is 6. The Labute approximate surface area is 259 Å². The number of allylic oxidation sites excluding steroid dienone is 1. The minimum Gasteiger partial charge on any atom is -0.448 e. The zero-order chi connectivity index (χ0) is 30.4. The molecule has 3 unspecified atom stereocenters. The largest absolute Gasteiger partial charge is 0.448 e. The van der Waals surface area contributed by atoms with Gasteiger partial charge in [-0.05, 0) is 69.5 Å². The number of carbonyl (C=O) groups is 2. The quantitative estimate of drug-likeness (QED) is 0.541. The average Bonchev–Trinajstić information content (AvgIpc) is 3.72. The van der Waals surface area contributed by atoms with Gasteiger partial charge in [-0.1, -0.05) is 18.7 Å². The van der Waals surface area contributed by atoms with Gasteiger partial charge in [-0.25, -0.2) is 9.59 Å². The van der Waals surface area contributed by atoms with Crippen LogP contribution in [-0.2, 0) is 23.1 Å². The molecule has 1 aromatic carbocycles. The Morgan fingerprint density at radius 1 is 0.955 bits per heavy atom. The molecule has 2 amide bonds. The van der Waals surface area contributed by atoms with E-state index in [1.807, 2.05) is 24.1 Å². The molecule has 5 saturated heterocycles. The van der Waals surface area contributed by atoms with Crippen LogP contribution in [0.25, 0.3) is 11.0 Å². The summed E-state index contributed by atoms with van der Waals surface area (Å²) in [6, 6.07) is 7.17. The monoisotopic (exact) mass is 605 g/mol. The Bertz CT molecular complexity index is 1470. The van der Waals surface area contributed by atoms with E-state index in [0.717, 1.165) is 94.3 Å². The number of carbonyl (C=O) groups excluding carboxylic acids is 2. The highest BCUT2D eigenvalue weighted by atomic mass is 16.6. The second kappa shape index (κ2) is 12.3. The van der Waals surface area contributed by atoms with Crippen molar-refractivity contribution < 1.29 is 14.3 Å². The molecule has 0 saturated carbocycles. The molecule has 238 valence electrons. The Hall–Kier alpha value is -3.15. The Balaban J connectivity index is 0.911. The highest BCUT2D eigenvalue weighted by Crippen LogP contribution is 2.33. The molecule has 1 N–H and O–H groups in total. The number of ether oxygens (including phenoxy) is 1. The maximum atomic E-state index is 13.3. The van der Waals surface area contributed by atoms with E-state index >= 15 is 0 Å². The van der Waals surface area contributed by atoms with E-state index in [0.29, 0.717) is 37.2 Å². The summed E-state index contributed by atoms with van der Waals surface area (Å²) in [5.41, 5.74) is 3.39. The van der Waals surface area contributed by atoms with Crippen LogP contribution in [-0.4, -0.2) is 111 Å². The normalized spacial score (nSPS) is 27.7. The van der Waals surface area contributed by atoms with Crippen molar-refractivity contribution in [2.24, 2.45) is 7.05 Å². The molecule has 3 atom stereocenters. The van der Waals surface area contributed by atoms with Crippen LogP contribution in [0.1, 0.15) is 63.0 Å². The number of piperidine rings is 2. The van der Waals surface area contributed by atoms with Crippen molar-refractivity contribution in [3.05, 3.63) is 46.5 Å². The fourth-order valence-corrected chi connectivity index (χ4v) is 8.54. The van der Waals surface area contributed by atoms with Gasteiger partial charge in [0.25, 0.3) is 0 Å². The van der Waals surface area contributed by atoms with Gasteiger partial charge >= 0.3 is 11.8 Å². The molecule has 7 rings (SSSR count). The lowest BCUT2D eigenvalue weighted by molar-refractivity contribution is -0.124. The zero-order valence-corrected chi connectivity index (χ0v) is 26.1. The first-order chi connectivity index (χ1) is 21.4. The van der Waals surface area contributed by atoms with Gasteiger partial charge in [-0.3, -0.25) is 28.6 Å². The van der Waals surface area contributed by atoms with Crippen molar-refractivity contribution in [1.29, 1.82) is 0 Å². The number of aryl methyl sites for hydroxylation is 1. The van der Waals surface area contributed by atoms with Gasteiger partial charge in [0.05, 0.1) is 11.0 Å².